The van der Waals surface area contributed by atoms with Crippen LogP contribution in [0.3, 0.4) is 0 Å². The summed E-state index contributed by atoms with van der Waals surface area (Å²) in [5, 5.41) is 19.8. The number of aromatic nitrogens is 3. The Morgan fingerprint density at radius 3 is 2.54 bits per heavy atom. The summed E-state index contributed by atoms with van der Waals surface area (Å²) < 4.78 is 0.938. The highest BCUT2D eigenvalue weighted by atomic mass is 32.1. The quantitative estimate of drug-likeness (QED) is 0.409. The molecule has 1 aromatic carbocycles. The highest BCUT2D eigenvalue weighted by Crippen LogP contribution is 2.26. The number of nitrogens with zero attached hydrogens (tertiary/aromatic N) is 6. The fourth-order valence-corrected chi connectivity index (χ4v) is 2.75. The van der Waals surface area contributed by atoms with Crippen molar-refractivity contribution in [1.29, 1.82) is 10.5 Å². The Morgan fingerprint density at radius 1 is 1.27 bits per heavy atom. The Balaban J connectivity index is 0.000000791. The van der Waals surface area contributed by atoms with Gasteiger partial charge in [-0.15, -0.1) is 0 Å². The third-order valence-electron chi connectivity index (χ3n) is 2.90. The van der Waals surface area contributed by atoms with E-state index in [1.165, 1.54) is 23.7 Å². The predicted molar refractivity (Wildman–Crippen MR) is 99.5 cm³/mol. The molecule has 2 heterocycles. The summed E-state index contributed by atoms with van der Waals surface area (Å²) in [7, 11) is 0. The van der Waals surface area contributed by atoms with Crippen molar-refractivity contribution in [2.75, 3.05) is 5.32 Å². The Morgan fingerprint density at radius 2 is 1.92 bits per heavy atom. The highest BCUT2D eigenvalue weighted by molar-refractivity contribution is 7.22. The van der Waals surface area contributed by atoms with Crippen molar-refractivity contribution in [3.05, 3.63) is 47.5 Å². The molecule has 130 valence electrons. The van der Waals surface area contributed by atoms with Crippen molar-refractivity contribution in [2.24, 2.45) is 10.9 Å². The molecule has 0 aliphatic rings. The number of hydrogen-bond donors (Lipinski definition) is 2. The van der Waals surface area contributed by atoms with Gasteiger partial charge >= 0.3 is 0 Å². The van der Waals surface area contributed by atoms with Gasteiger partial charge in [-0.25, -0.2) is 25.5 Å². The second-order valence-corrected chi connectivity index (χ2v) is 5.53. The molecular formula is C16H14N8OS. The number of rotatable bonds is 3. The van der Waals surface area contributed by atoms with Gasteiger partial charge in [-0.05, 0) is 24.6 Å². The van der Waals surface area contributed by atoms with Gasteiger partial charge in [0, 0.05) is 25.5 Å². The Bertz CT molecular complexity index is 937. The average Bonchev–Trinajstić information content (AvgIpc) is 3.07. The van der Waals surface area contributed by atoms with E-state index in [4.69, 9.17) is 16.4 Å². The maximum Gasteiger partial charge on any atom is 0.260 e. The number of benzene rings is 1. The van der Waals surface area contributed by atoms with Crippen molar-refractivity contribution in [3.63, 3.8) is 0 Å². The number of carbonyl (C=O) groups excluding carboxylic acids is 1. The van der Waals surface area contributed by atoms with Gasteiger partial charge < -0.3 is 5.84 Å². The van der Waals surface area contributed by atoms with E-state index in [1.54, 1.807) is 13.1 Å². The number of fused-ring (bicyclic) bond motifs is 1. The molecule has 0 fully saturated rings. The second-order valence-electron chi connectivity index (χ2n) is 4.50. The Hall–Kier alpha value is -3.89. The van der Waals surface area contributed by atoms with Gasteiger partial charge in [0.15, 0.2) is 5.13 Å². The minimum absolute atomic E-state index is 0.289. The molecule has 3 rings (SSSR count). The van der Waals surface area contributed by atoms with Crippen LogP contribution in [0.2, 0.25) is 0 Å². The molecular weight excluding hydrogens is 352 g/mol. The van der Waals surface area contributed by atoms with Crippen molar-refractivity contribution in [3.8, 4) is 13.1 Å². The zero-order chi connectivity index (χ0) is 19.5. The largest absolute Gasteiger partial charge is 0.323 e. The lowest BCUT2D eigenvalue weighted by atomic mass is 10.2. The standard InChI is InChI=1S/C14H12N6OS.2CHN/c1-8-16-6-10(7-17-8)13(21)20-14-19-11-3-2-9(5-18-15)4-12(11)22-14;2*1-2/h2-7H,15H2,1H3,(H,19,20,21);2*1H. The van der Waals surface area contributed by atoms with Crippen LogP contribution in [-0.2, 0) is 0 Å². The minimum Gasteiger partial charge on any atom is -0.323 e. The lowest BCUT2D eigenvalue weighted by Crippen LogP contribution is -2.12. The lowest BCUT2D eigenvalue weighted by Gasteiger charge is -2.00. The van der Waals surface area contributed by atoms with Crippen LogP contribution in [-0.4, -0.2) is 27.1 Å². The van der Waals surface area contributed by atoms with Gasteiger partial charge in [0.1, 0.15) is 5.82 Å². The molecule has 0 saturated heterocycles. The van der Waals surface area contributed by atoms with E-state index >= 15 is 0 Å². The number of nitrogens with two attached hydrogens (primary N) is 1. The van der Waals surface area contributed by atoms with E-state index in [1.807, 2.05) is 18.2 Å². The van der Waals surface area contributed by atoms with Crippen LogP contribution in [0.5, 0.6) is 0 Å². The van der Waals surface area contributed by atoms with Crippen LogP contribution < -0.4 is 11.2 Å². The molecule has 0 unspecified atom stereocenters. The normalized spacial score (nSPS) is 9.58. The maximum absolute atomic E-state index is 12.1. The van der Waals surface area contributed by atoms with E-state index in [-0.39, 0.29) is 5.91 Å². The van der Waals surface area contributed by atoms with Crippen molar-refractivity contribution in [2.45, 2.75) is 6.92 Å². The monoisotopic (exact) mass is 366 g/mol. The molecule has 0 radical (unpaired) electrons. The summed E-state index contributed by atoms with van der Waals surface area (Å²) >= 11 is 1.38. The number of amides is 1. The zero-order valence-corrected chi connectivity index (χ0v) is 14.5. The summed E-state index contributed by atoms with van der Waals surface area (Å²) in [6, 6.07) is 5.62. The average molecular weight is 366 g/mol. The smallest absolute Gasteiger partial charge is 0.260 e. The molecule has 0 atom stereocenters. The number of aryl methyl sites for hydroxylation is 1. The molecule has 0 spiro atoms. The van der Waals surface area contributed by atoms with Crippen molar-refractivity contribution >= 4 is 38.8 Å². The Labute approximate surface area is 153 Å². The molecule has 26 heavy (non-hydrogen) atoms. The first kappa shape index (κ1) is 20.2. The molecule has 2 aromatic heterocycles. The number of hydrazone groups is 1. The van der Waals surface area contributed by atoms with Crippen LogP contribution >= 0.6 is 11.3 Å². The number of carbonyl (C=O) groups is 1. The molecule has 0 saturated carbocycles. The molecule has 0 aliphatic carbocycles. The van der Waals surface area contributed by atoms with E-state index < -0.39 is 0 Å². The Kier molecular flexibility index (Phi) is 7.81. The number of hydrogen-bond acceptors (Lipinski definition) is 9. The molecule has 3 N–H and O–H groups in total. The van der Waals surface area contributed by atoms with Crippen LogP contribution in [0.1, 0.15) is 21.7 Å². The summed E-state index contributed by atoms with van der Waals surface area (Å²) in [5.41, 5.74) is 2.07. The molecule has 3 aromatic rings. The summed E-state index contributed by atoms with van der Waals surface area (Å²) in [6.07, 6.45) is 4.53. The van der Waals surface area contributed by atoms with Gasteiger partial charge in [0.25, 0.3) is 5.91 Å². The number of nitrogens with one attached hydrogen (secondary N) is 1. The lowest BCUT2D eigenvalue weighted by molar-refractivity contribution is 0.102. The predicted octanol–water partition coefficient (Wildman–Crippen LogP) is 2.22. The van der Waals surface area contributed by atoms with Gasteiger partial charge in [-0.2, -0.15) is 5.10 Å². The van der Waals surface area contributed by atoms with Gasteiger partial charge in [0.05, 0.1) is 22.0 Å². The second kappa shape index (κ2) is 10.1. The molecule has 9 nitrogen and oxygen atoms in total. The molecule has 0 aliphatic heterocycles. The van der Waals surface area contributed by atoms with Crippen molar-refractivity contribution in [1.82, 2.24) is 15.0 Å². The zero-order valence-electron chi connectivity index (χ0n) is 13.7. The first-order valence-corrected chi connectivity index (χ1v) is 7.73. The van der Waals surface area contributed by atoms with E-state index in [9.17, 15) is 4.79 Å². The van der Waals surface area contributed by atoms with Crippen LogP contribution in [0.25, 0.3) is 10.2 Å². The fourth-order valence-electron chi connectivity index (χ4n) is 1.84. The minimum atomic E-state index is -0.289. The summed E-state index contributed by atoms with van der Waals surface area (Å²) in [6.45, 7) is 8.76. The van der Waals surface area contributed by atoms with Crippen molar-refractivity contribution < 1.29 is 4.79 Å². The first-order chi connectivity index (χ1) is 12.7. The topological polar surface area (TPSA) is 154 Å². The number of nitriles is 2. The first-order valence-electron chi connectivity index (χ1n) is 6.91. The fraction of sp³-hybridized carbons (Fsp3) is 0.0625. The third-order valence-corrected chi connectivity index (χ3v) is 3.83. The molecule has 0 bridgehead atoms. The number of anilines is 1. The number of thiazole rings is 1. The van der Waals surface area contributed by atoms with E-state index in [0.29, 0.717) is 16.5 Å². The van der Waals surface area contributed by atoms with Crippen LogP contribution in [0, 0.1) is 30.6 Å². The van der Waals surface area contributed by atoms with E-state index in [2.05, 4.69) is 38.5 Å². The molecule has 1 amide bonds. The molecule has 10 heteroatoms. The van der Waals surface area contributed by atoms with Gasteiger partial charge in [0.2, 0.25) is 0 Å². The summed E-state index contributed by atoms with van der Waals surface area (Å²) in [5.74, 6) is 5.47. The van der Waals surface area contributed by atoms with Gasteiger partial charge in [-0.1, -0.05) is 17.4 Å². The SMILES string of the molecule is C#N.C#N.Cc1ncc(C(=O)Nc2nc3ccc(C=NN)cc3s2)cn1. The van der Waals surface area contributed by atoms with Crippen LogP contribution in [0.4, 0.5) is 5.13 Å². The van der Waals surface area contributed by atoms with Crippen LogP contribution in [0.15, 0.2) is 35.7 Å². The summed E-state index contributed by atoms with van der Waals surface area (Å²) in [4.78, 5) is 24.5. The maximum atomic E-state index is 12.1. The van der Waals surface area contributed by atoms with E-state index in [0.717, 1.165) is 15.8 Å². The highest BCUT2D eigenvalue weighted by Gasteiger charge is 2.11. The third kappa shape index (κ3) is 5.06. The van der Waals surface area contributed by atoms with Gasteiger partial charge in [-0.3, -0.25) is 10.1 Å².